The predicted octanol–water partition coefficient (Wildman–Crippen LogP) is -1.84. The molecule has 9 nitrogen and oxygen atoms in total. The summed E-state index contributed by atoms with van der Waals surface area (Å²) in [5.41, 5.74) is 3.42. The summed E-state index contributed by atoms with van der Waals surface area (Å²) in [5.74, 6) is 1.85. The number of nitrogens with zero attached hydrogens (tertiary/aromatic N) is 4. The molecule has 2 aromatic heterocycles. The molecule has 116 valence electrons. The van der Waals surface area contributed by atoms with E-state index in [9.17, 15) is 19.7 Å². The van der Waals surface area contributed by atoms with Crippen LogP contribution in [0.1, 0.15) is 6.23 Å². The summed E-state index contributed by atoms with van der Waals surface area (Å²) in [5, 5.41) is 29.7. The monoisotopic (exact) mass is 309 g/mol. The van der Waals surface area contributed by atoms with Crippen LogP contribution in [0, 0.1) is 18.4 Å². The minimum absolute atomic E-state index is 0.0607. The molecule has 5 N–H and O–H groups in total. The molecule has 0 bridgehead atoms. The van der Waals surface area contributed by atoms with E-state index in [1.54, 1.807) is 0 Å². The van der Waals surface area contributed by atoms with Crippen molar-refractivity contribution in [3.63, 3.8) is 0 Å². The number of fused-ring (bicyclic) bond motifs is 1. The fraction of sp³-hybridized carbons (Fsp3) is 0.417. The highest BCUT2D eigenvalue weighted by atomic mass is 19.1. The zero-order valence-electron chi connectivity index (χ0n) is 11.1. The Labute approximate surface area is 123 Å². The van der Waals surface area contributed by atoms with Gasteiger partial charge < -0.3 is 25.8 Å². The number of aliphatic hydroxyl groups excluding tert-OH is 2. The van der Waals surface area contributed by atoms with Gasteiger partial charge in [0.05, 0.1) is 12.9 Å². The normalized spacial score (nSPS) is 31.5. The van der Waals surface area contributed by atoms with Gasteiger partial charge in [-0.1, -0.05) is 5.92 Å². The lowest BCUT2D eigenvalue weighted by Crippen LogP contribution is -2.45. The van der Waals surface area contributed by atoms with Gasteiger partial charge in [0.25, 0.3) is 0 Å². The molecule has 1 fully saturated rings. The first-order valence-electron chi connectivity index (χ1n) is 6.22. The van der Waals surface area contributed by atoms with E-state index in [1.807, 2.05) is 5.92 Å². The SMILES string of the molecule is C#C[C@@]1(O)[C@H](O)[C@@H](CO)O[C@H]1n1cnc2c(N)nc(F)nc21. The molecule has 1 aliphatic rings. The summed E-state index contributed by atoms with van der Waals surface area (Å²) in [6, 6.07) is 0. The van der Waals surface area contributed by atoms with E-state index in [0.29, 0.717) is 0 Å². The summed E-state index contributed by atoms with van der Waals surface area (Å²) in [7, 11) is 0. The predicted molar refractivity (Wildman–Crippen MR) is 70.5 cm³/mol. The Morgan fingerprint density at radius 1 is 1.55 bits per heavy atom. The van der Waals surface area contributed by atoms with Crippen molar-refractivity contribution in [2.75, 3.05) is 12.3 Å². The fourth-order valence-corrected chi connectivity index (χ4v) is 2.43. The van der Waals surface area contributed by atoms with Crippen molar-refractivity contribution in [2.45, 2.75) is 24.0 Å². The lowest BCUT2D eigenvalue weighted by molar-refractivity contribution is -0.0721. The highest BCUT2D eigenvalue weighted by molar-refractivity contribution is 5.81. The molecule has 0 spiro atoms. The maximum atomic E-state index is 13.4. The molecule has 0 unspecified atom stereocenters. The summed E-state index contributed by atoms with van der Waals surface area (Å²) >= 11 is 0. The number of imidazole rings is 1. The van der Waals surface area contributed by atoms with Crippen molar-refractivity contribution in [2.24, 2.45) is 0 Å². The third-order valence-corrected chi connectivity index (χ3v) is 3.57. The van der Waals surface area contributed by atoms with Crippen LogP contribution < -0.4 is 5.73 Å². The summed E-state index contributed by atoms with van der Waals surface area (Å²) in [4.78, 5) is 10.8. The first-order chi connectivity index (χ1) is 10.4. The molecule has 3 heterocycles. The van der Waals surface area contributed by atoms with Crippen LogP contribution in [0.5, 0.6) is 0 Å². The van der Waals surface area contributed by atoms with E-state index in [4.69, 9.17) is 16.9 Å². The number of terminal acetylenes is 1. The third-order valence-electron chi connectivity index (χ3n) is 3.57. The number of nitrogen functional groups attached to an aromatic ring is 1. The van der Waals surface area contributed by atoms with Gasteiger partial charge in [-0.15, -0.1) is 6.42 Å². The van der Waals surface area contributed by atoms with Gasteiger partial charge in [0.2, 0.25) is 0 Å². The minimum atomic E-state index is -2.16. The van der Waals surface area contributed by atoms with Crippen molar-refractivity contribution in [1.82, 2.24) is 19.5 Å². The van der Waals surface area contributed by atoms with Crippen molar-refractivity contribution in [1.29, 1.82) is 0 Å². The van der Waals surface area contributed by atoms with Crippen LogP contribution in [-0.2, 0) is 4.74 Å². The van der Waals surface area contributed by atoms with Crippen molar-refractivity contribution >= 4 is 17.0 Å². The number of rotatable bonds is 2. The zero-order chi connectivity index (χ0) is 16.1. The molecule has 1 saturated heterocycles. The first kappa shape index (κ1) is 14.6. The topological polar surface area (TPSA) is 140 Å². The van der Waals surface area contributed by atoms with Crippen LogP contribution in [0.25, 0.3) is 11.2 Å². The average molecular weight is 309 g/mol. The Bertz CT molecular complexity index is 775. The summed E-state index contributed by atoms with van der Waals surface area (Å²) in [6.07, 6.45) is 1.38. The molecule has 0 aromatic carbocycles. The van der Waals surface area contributed by atoms with Crippen molar-refractivity contribution < 1.29 is 24.4 Å². The molecular weight excluding hydrogens is 297 g/mol. The van der Waals surface area contributed by atoms with Gasteiger partial charge in [0.15, 0.2) is 28.8 Å². The zero-order valence-corrected chi connectivity index (χ0v) is 11.1. The lowest BCUT2D eigenvalue weighted by Gasteiger charge is -2.26. The van der Waals surface area contributed by atoms with Crippen LogP contribution in [0.4, 0.5) is 10.2 Å². The third kappa shape index (κ3) is 1.84. The quantitative estimate of drug-likeness (QED) is 0.375. The lowest BCUT2D eigenvalue weighted by atomic mass is 9.95. The average Bonchev–Trinajstić information content (AvgIpc) is 3.00. The van der Waals surface area contributed by atoms with Crippen molar-refractivity contribution in [3.05, 3.63) is 12.4 Å². The fourth-order valence-electron chi connectivity index (χ4n) is 2.43. The van der Waals surface area contributed by atoms with Crippen LogP contribution >= 0.6 is 0 Å². The molecule has 4 atom stereocenters. The summed E-state index contributed by atoms with van der Waals surface area (Å²) in [6.45, 7) is -0.570. The molecule has 0 amide bonds. The molecule has 22 heavy (non-hydrogen) atoms. The molecule has 0 aliphatic carbocycles. The maximum Gasteiger partial charge on any atom is 0.312 e. The Kier molecular flexibility index (Phi) is 3.22. The largest absolute Gasteiger partial charge is 0.394 e. The van der Waals surface area contributed by atoms with Gasteiger partial charge >= 0.3 is 6.08 Å². The van der Waals surface area contributed by atoms with Gasteiger partial charge in [-0.25, -0.2) is 4.98 Å². The van der Waals surface area contributed by atoms with Gasteiger partial charge in [-0.2, -0.15) is 14.4 Å². The number of hydrogen-bond donors (Lipinski definition) is 4. The standard InChI is InChI=1S/C12H12FN5O4/c1-2-12(21)7(20)5(3-19)22-10(12)18-4-15-6-8(14)16-11(13)17-9(6)18/h1,4-5,7,10,19-21H,3H2,(H2,14,16,17)/t5-,7-,10-,12-/m1/s1. The second-order valence-corrected chi connectivity index (χ2v) is 4.83. The number of hydrogen-bond acceptors (Lipinski definition) is 8. The van der Waals surface area contributed by atoms with E-state index in [2.05, 4.69) is 15.0 Å². The molecular formula is C12H12FN5O4. The van der Waals surface area contributed by atoms with Crippen LogP contribution in [0.15, 0.2) is 6.33 Å². The number of aliphatic hydroxyl groups is 3. The number of nitrogens with two attached hydrogens (primary N) is 1. The molecule has 1 aliphatic heterocycles. The number of anilines is 1. The van der Waals surface area contributed by atoms with E-state index >= 15 is 0 Å². The van der Waals surface area contributed by atoms with Crippen LogP contribution in [-0.4, -0.2) is 59.3 Å². The van der Waals surface area contributed by atoms with E-state index in [0.717, 1.165) is 4.57 Å². The Balaban J connectivity index is 2.17. The first-order valence-corrected chi connectivity index (χ1v) is 6.22. The van der Waals surface area contributed by atoms with Crippen LogP contribution in [0.3, 0.4) is 0 Å². The highest BCUT2D eigenvalue weighted by Gasteiger charge is 2.55. The molecule has 0 radical (unpaired) electrons. The van der Waals surface area contributed by atoms with Gasteiger partial charge in [0.1, 0.15) is 12.2 Å². The van der Waals surface area contributed by atoms with Gasteiger partial charge in [0, 0.05) is 0 Å². The van der Waals surface area contributed by atoms with Crippen molar-refractivity contribution in [3.8, 4) is 12.3 Å². The highest BCUT2D eigenvalue weighted by Crippen LogP contribution is 2.39. The van der Waals surface area contributed by atoms with E-state index in [-0.39, 0.29) is 17.0 Å². The molecule has 3 rings (SSSR count). The number of ether oxygens (including phenoxy) is 1. The molecule has 10 heteroatoms. The second kappa shape index (κ2) is 4.85. The molecule has 0 saturated carbocycles. The van der Waals surface area contributed by atoms with Gasteiger partial charge in [-0.05, 0) is 0 Å². The Morgan fingerprint density at radius 3 is 2.91 bits per heavy atom. The molecule has 2 aromatic rings. The summed E-state index contributed by atoms with van der Waals surface area (Å²) < 4.78 is 19.9. The van der Waals surface area contributed by atoms with E-state index < -0.39 is 36.7 Å². The minimum Gasteiger partial charge on any atom is -0.394 e. The second-order valence-electron chi connectivity index (χ2n) is 4.83. The van der Waals surface area contributed by atoms with Gasteiger partial charge in [-0.3, -0.25) is 4.57 Å². The smallest absolute Gasteiger partial charge is 0.312 e. The van der Waals surface area contributed by atoms with Crippen LogP contribution in [0.2, 0.25) is 0 Å². The number of aromatic nitrogens is 4. The number of halogens is 1. The van der Waals surface area contributed by atoms with E-state index in [1.165, 1.54) is 6.33 Å². The Morgan fingerprint density at radius 2 is 2.27 bits per heavy atom. The Hall–Kier alpha value is -2.32. The maximum absolute atomic E-state index is 13.4.